The number of carbonyl (C=O) groups is 1. The average Bonchev–Trinajstić information content (AvgIpc) is 2.30. The first kappa shape index (κ1) is 12.5. The third-order valence-electron chi connectivity index (χ3n) is 3.79. The summed E-state index contributed by atoms with van der Waals surface area (Å²) in [7, 11) is 0. The lowest BCUT2D eigenvalue weighted by Crippen LogP contribution is -2.45. The quantitative estimate of drug-likeness (QED) is 0.638. The molecule has 0 spiro atoms. The number of carboxylic acid groups (broad SMARTS) is 1. The van der Waals surface area contributed by atoms with E-state index in [9.17, 15) is 9.90 Å². The first-order valence-electron chi connectivity index (χ1n) is 5.59. The van der Waals surface area contributed by atoms with E-state index >= 15 is 0 Å². The number of nitrogens with one attached hydrogen (secondary N) is 1. The third-order valence-corrected chi connectivity index (χ3v) is 3.79. The van der Waals surface area contributed by atoms with Crippen molar-refractivity contribution in [1.29, 1.82) is 0 Å². The Labute approximate surface area is 90.7 Å². The lowest BCUT2D eigenvalue weighted by molar-refractivity contribution is -0.143. The number of aliphatic hydroxyl groups is 1. The summed E-state index contributed by atoms with van der Waals surface area (Å²) in [5, 5.41) is 22.5. The molecular formula is C11H21NO3. The largest absolute Gasteiger partial charge is 0.481 e. The van der Waals surface area contributed by atoms with Crippen LogP contribution in [-0.4, -0.2) is 34.4 Å². The van der Waals surface area contributed by atoms with Crippen LogP contribution >= 0.6 is 0 Å². The Kier molecular flexibility index (Phi) is 3.73. The normalized spacial score (nSPS) is 42.3. The zero-order chi connectivity index (χ0) is 11.6. The minimum atomic E-state index is -0.776. The molecule has 1 rings (SSSR count). The smallest absolute Gasteiger partial charge is 0.308 e. The number of hydrogen-bond donors (Lipinski definition) is 3. The zero-order valence-electron chi connectivity index (χ0n) is 9.66. The fraction of sp³-hybridized carbons (Fsp3) is 0.909. The van der Waals surface area contributed by atoms with Crippen LogP contribution in [0.1, 0.15) is 33.6 Å². The van der Waals surface area contributed by atoms with Crippen molar-refractivity contribution in [3.05, 3.63) is 0 Å². The molecule has 1 heterocycles. The van der Waals surface area contributed by atoms with E-state index in [0.29, 0.717) is 19.4 Å². The van der Waals surface area contributed by atoms with Crippen molar-refractivity contribution in [3.63, 3.8) is 0 Å². The first-order valence-corrected chi connectivity index (χ1v) is 5.59. The zero-order valence-corrected chi connectivity index (χ0v) is 9.66. The number of hydrogen-bond acceptors (Lipinski definition) is 3. The monoisotopic (exact) mass is 215 g/mol. The van der Waals surface area contributed by atoms with E-state index in [1.165, 1.54) is 0 Å². The van der Waals surface area contributed by atoms with Crippen LogP contribution in [0.4, 0.5) is 0 Å². The van der Waals surface area contributed by atoms with Gasteiger partial charge in [0.2, 0.25) is 0 Å². The van der Waals surface area contributed by atoms with Gasteiger partial charge in [0.15, 0.2) is 0 Å². The Hall–Kier alpha value is -0.610. The first-order chi connectivity index (χ1) is 6.90. The Morgan fingerprint density at radius 2 is 2.13 bits per heavy atom. The molecule has 0 amide bonds. The van der Waals surface area contributed by atoms with Gasteiger partial charge in [0.05, 0.1) is 11.5 Å². The summed E-state index contributed by atoms with van der Waals surface area (Å²) in [4.78, 5) is 11.0. The number of rotatable bonds is 2. The van der Waals surface area contributed by atoms with Gasteiger partial charge >= 0.3 is 5.97 Å². The highest BCUT2D eigenvalue weighted by atomic mass is 16.4. The second-order valence-electron chi connectivity index (χ2n) is 4.71. The third kappa shape index (κ3) is 2.49. The molecule has 0 aromatic rings. The average molecular weight is 215 g/mol. The van der Waals surface area contributed by atoms with E-state index in [1.807, 2.05) is 20.8 Å². The molecule has 0 aromatic carbocycles. The van der Waals surface area contributed by atoms with Crippen molar-refractivity contribution in [3.8, 4) is 0 Å². The molecule has 1 fully saturated rings. The molecule has 4 nitrogen and oxygen atoms in total. The highest BCUT2D eigenvalue weighted by Gasteiger charge is 2.40. The maximum atomic E-state index is 11.0. The summed E-state index contributed by atoms with van der Waals surface area (Å²) < 4.78 is 0. The topological polar surface area (TPSA) is 69.6 Å². The van der Waals surface area contributed by atoms with E-state index < -0.39 is 17.5 Å². The van der Waals surface area contributed by atoms with Crippen molar-refractivity contribution < 1.29 is 15.0 Å². The van der Waals surface area contributed by atoms with Gasteiger partial charge in [-0.3, -0.25) is 4.79 Å². The summed E-state index contributed by atoms with van der Waals surface area (Å²) in [5.41, 5.74) is -0.765. The second kappa shape index (κ2) is 4.49. The van der Waals surface area contributed by atoms with Crippen molar-refractivity contribution in [2.45, 2.75) is 45.3 Å². The SMILES string of the molecule is CCC1(O)CNC(C)[C@@H](C(=O)O)CC1C. The molecular weight excluding hydrogens is 194 g/mol. The predicted octanol–water partition coefficient (Wildman–Crippen LogP) is 0.846. The van der Waals surface area contributed by atoms with Crippen LogP contribution in [0.3, 0.4) is 0 Å². The Morgan fingerprint density at radius 3 is 2.60 bits per heavy atom. The standard InChI is InChI=1S/C11H21NO3/c1-4-11(15)6-12-8(3)9(10(13)14)5-7(11)2/h7-9,12,15H,4-6H2,1-3H3,(H,13,14)/t7?,8?,9-,11?/m0/s1. The van der Waals surface area contributed by atoms with Crippen LogP contribution in [0.25, 0.3) is 0 Å². The van der Waals surface area contributed by atoms with Gasteiger partial charge in [-0.2, -0.15) is 0 Å². The Balaban J connectivity index is 2.82. The number of β-amino-alcohol motifs (C(OH)–C–C–N with tert-alkyl or cyclic N) is 1. The molecule has 0 radical (unpaired) electrons. The summed E-state index contributed by atoms with van der Waals surface area (Å²) in [6, 6.07) is -0.0782. The fourth-order valence-corrected chi connectivity index (χ4v) is 2.25. The van der Waals surface area contributed by atoms with Crippen LogP contribution in [0.2, 0.25) is 0 Å². The molecule has 3 unspecified atom stereocenters. The van der Waals surface area contributed by atoms with Gasteiger partial charge in [0, 0.05) is 12.6 Å². The van der Waals surface area contributed by atoms with Crippen molar-refractivity contribution in [2.24, 2.45) is 11.8 Å². The summed E-state index contributed by atoms with van der Waals surface area (Å²) >= 11 is 0. The molecule has 0 aromatic heterocycles. The van der Waals surface area contributed by atoms with Gasteiger partial charge in [0.25, 0.3) is 0 Å². The maximum absolute atomic E-state index is 11.0. The van der Waals surface area contributed by atoms with Crippen LogP contribution in [-0.2, 0) is 4.79 Å². The molecule has 0 saturated carbocycles. The Bertz CT molecular complexity index is 244. The van der Waals surface area contributed by atoms with Gasteiger partial charge in [-0.15, -0.1) is 0 Å². The molecule has 1 saturated heterocycles. The van der Waals surface area contributed by atoms with E-state index in [-0.39, 0.29) is 12.0 Å². The minimum absolute atomic E-state index is 0.0149. The van der Waals surface area contributed by atoms with E-state index in [1.54, 1.807) is 0 Å². The van der Waals surface area contributed by atoms with Crippen molar-refractivity contribution in [1.82, 2.24) is 5.32 Å². The maximum Gasteiger partial charge on any atom is 0.308 e. The number of aliphatic carboxylic acids is 1. The highest BCUT2D eigenvalue weighted by Crippen LogP contribution is 2.31. The van der Waals surface area contributed by atoms with Crippen LogP contribution in [0.5, 0.6) is 0 Å². The fourth-order valence-electron chi connectivity index (χ4n) is 2.25. The number of carboxylic acids is 1. The van der Waals surface area contributed by atoms with Crippen LogP contribution in [0, 0.1) is 11.8 Å². The van der Waals surface area contributed by atoms with E-state index in [4.69, 9.17) is 5.11 Å². The van der Waals surface area contributed by atoms with Gasteiger partial charge in [-0.05, 0) is 25.7 Å². The van der Waals surface area contributed by atoms with E-state index in [0.717, 1.165) is 0 Å². The van der Waals surface area contributed by atoms with Crippen LogP contribution < -0.4 is 5.32 Å². The van der Waals surface area contributed by atoms with Gasteiger partial charge in [-0.1, -0.05) is 13.8 Å². The Morgan fingerprint density at radius 1 is 1.53 bits per heavy atom. The summed E-state index contributed by atoms with van der Waals surface area (Å²) in [5.74, 6) is -1.16. The highest BCUT2D eigenvalue weighted by molar-refractivity contribution is 5.71. The lowest BCUT2D eigenvalue weighted by Gasteiger charge is -2.31. The van der Waals surface area contributed by atoms with Crippen molar-refractivity contribution >= 4 is 5.97 Å². The second-order valence-corrected chi connectivity index (χ2v) is 4.71. The molecule has 0 bridgehead atoms. The minimum Gasteiger partial charge on any atom is -0.481 e. The van der Waals surface area contributed by atoms with Crippen molar-refractivity contribution in [2.75, 3.05) is 6.54 Å². The molecule has 1 aliphatic rings. The molecule has 0 aliphatic carbocycles. The molecule has 1 aliphatic heterocycles. The van der Waals surface area contributed by atoms with Gasteiger partial charge < -0.3 is 15.5 Å². The van der Waals surface area contributed by atoms with Crippen LogP contribution in [0.15, 0.2) is 0 Å². The molecule has 4 heteroatoms. The molecule has 88 valence electrons. The lowest BCUT2D eigenvalue weighted by atomic mass is 9.81. The molecule has 3 N–H and O–H groups in total. The summed E-state index contributed by atoms with van der Waals surface area (Å²) in [6.07, 6.45) is 1.19. The van der Waals surface area contributed by atoms with Gasteiger partial charge in [0.1, 0.15) is 0 Å². The van der Waals surface area contributed by atoms with E-state index in [2.05, 4.69) is 5.32 Å². The molecule has 4 atom stereocenters. The summed E-state index contributed by atoms with van der Waals surface area (Å²) in [6.45, 7) is 6.21. The van der Waals surface area contributed by atoms with Gasteiger partial charge in [-0.25, -0.2) is 0 Å². The molecule has 15 heavy (non-hydrogen) atoms. The predicted molar refractivity (Wildman–Crippen MR) is 57.6 cm³/mol.